The fraction of sp³-hybridized carbons (Fsp3) is 0.684. The molecule has 0 aromatic carbocycles. The summed E-state index contributed by atoms with van der Waals surface area (Å²) in [5.41, 5.74) is 3.01. The number of pyridine rings is 1. The minimum Gasteiger partial charge on any atom is -0.378 e. The number of nitrogens with zero attached hydrogens (tertiary/aromatic N) is 4. The zero-order valence-corrected chi connectivity index (χ0v) is 15.9. The highest BCUT2D eigenvalue weighted by Gasteiger charge is 2.32. The largest absolute Gasteiger partial charge is 0.378 e. The molecule has 0 bridgehead atoms. The Morgan fingerprint density at radius 2 is 1.96 bits per heavy atom. The van der Waals surface area contributed by atoms with Crippen LogP contribution in [0.1, 0.15) is 30.3 Å². The highest BCUT2D eigenvalue weighted by atomic mass is 16.5. The van der Waals surface area contributed by atoms with Crippen LogP contribution < -0.4 is 4.90 Å². The molecule has 1 unspecified atom stereocenters. The molecule has 2 aliphatic heterocycles. The molecule has 0 N–H and O–H groups in total. The van der Waals surface area contributed by atoms with Crippen molar-refractivity contribution >= 4 is 11.6 Å². The Hall–Kier alpha value is -1.66. The van der Waals surface area contributed by atoms with E-state index in [1.807, 2.05) is 25.9 Å². The smallest absolute Gasteiger partial charge is 0.225 e. The third kappa shape index (κ3) is 4.30. The van der Waals surface area contributed by atoms with Gasteiger partial charge in [0.2, 0.25) is 5.91 Å². The highest BCUT2D eigenvalue weighted by Crippen LogP contribution is 2.27. The van der Waals surface area contributed by atoms with Crippen molar-refractivity contribution in [1.29, 1.82) is 0 Å². The number of anilines is 1. The van der Waals surface area contributed by atoms with E-state index < -0.39 is 0 Å². The van der Waals surface area contributed by atoms with Crippen molar-refractivity contribution in [3.05, 3.63) is 23.5 Å². The molecule has 6 heteroatoms. The molecular weight excluding hydrogens is 316 g/mol. The number of aromatic nitrogens is 1. The third-order valence-corrected chi connectivity index (χ3v) is 5.25. The first kappa shape index (κ1) is 18.1. The van der Waals surface area contributed by atoms with E-state index in [1.54, 1.807) is 0 Å². The van der Waals surface area contributed by atoms with Gasteiger partial charge in [-0.25, -0.2) is 0 Å². The zero-order chi connectivity index (χ0) is 18.0. The predicted molar refractivity (Wildman–Crippen MR) is 98.8 cm³/mol. The molecule has 3 heterocycles. The van der Waals surface area contributed by atoms with Gasteiger partial charge in [-0.15, -0.1) is 0 Å². The third-order valence-electron chi connectivity index (χ3n) is 5.25. The molecule has 0 saturated carbocycles. The van der Waals surface area contributed by atoms with Crippen molar-refractivity contribution in [2.45, 2.75) is 25.9 Å². The van der Waals surface area contributed by atoms with E-state index in [0.29, 0.717) is 25.6 Å². The second-order valence-corrected chi connectivity index (χ2v) is 7.51. The van der Waals surface area contributed by atoms with E-state index in [2.05, 4.69) is 34.0 Å². The molecule has 0 spiro atoms. The molecule has 138 valence electrons. The van der Waals surface area contributed by atoms with Gasteiger partial charge in [-0.1, -0.05) is 0 Å². The Labute approximate surface area is 150 Å². The number of carbonyl (C=O) groups is 1. The number of hydrogen-bond donors (Lipinski definition) is 0. The second-order valence-electron chi connectivity index (χ2n) is 7.51. The van der Waals surface area contributed by atoms with E-state index >= 15 is 0 Å². The minimum absolute atomic E-state index is 0.137. The summed E-state index contributed by atoms with van der Waals surface area (Å²) in [5, 5.41) is 0. The Morgan fingerprint density at radius 3 is 2.64 bits per heavy atom. The van der Waals surface area contributed by atoms with Crippen molar-refractivity contribution in [3.8, 4) is 0 Å². The standard InChI is InChI=1S/C19H30N4O2/c1-14-11-16(21(2)3)12-17(20-14)18-13-23(9-10-25-18)19(24)15-5-7-22(4)8-6-15/h11-12,15,18H,5-10,13H2,1-4H3. The lowest BCUT2D eigenvalue weighted by Gasteiger charge is -2.37. The van der Waals surface area contributed by atoms with Crippen LogP contribution in [0.4, 0.5) is 5.69 Å². The molecular formula is C19H30N4O2. The molecule has 3 rings (SSSR count). The van der Waals surface area contributed by atoms with Crippen LogP contribution in [-0.2, 0) is 9.53 Å². The average molecular weight is 346 g/mol. The molecule has 1 amide bonds. The molecule has 25 heavy (non-hydrogen) atoms. The Bertz CT molecular complexity index is 611. The summed E-state index contributed by atoms with van der Waals surface area (Å²) < 4.78 is 5.96. The van der Waals surface area contributed by atoms with Gasteiger partial charge in [0.1, 0.15) is 6.10 Å². The van der Waals surface area contributed by atoms with E-state index in [0.717, 1.165) is 43.0 Å². The van der Waals surface area contributed by atoms with Crippen LogP contribution in [0, 0.1) is 12.8 Å². The van der Waals surface area contributed by atoms with Gasteiger partial charge >= 0.3 is 0 Å². The van der Waals surface area contributed by atoms with E-state index in [-0.39, 0.29) is 12.0 Å². The van der Waals surface area contributed by atoms with E-state index in [9.17, 15) is 4.79 Å². The van der Waals surface area contributed by atoms with Gasteiger partial charge in [0, 0.05) is 37.9 Å². The Morgan fingerprint density at radius 1 is 1.24 bits per heavy atom. The molecule has 0 aliphatic carbocycles. The molecule has 1 aromatic heterocycles. The van der Waals surface area contributed by atoms with Gasteiger partial charge in [0.15, 0.2) is 0 Å². The maximum absolute atomic E-state index is 12.9. The van der Waals surface area contributed by atoms with Gasteiger partial charge in [-0.2, -0.15) is 0 Å². The molecule has 2 saturated heterocycles. The average Bonchev–Trinajstić information content (AvgIpc) is 2.61. The van der Waals surface area contributed by atoms with Crippen LogP contribution >= 0.6 is 0 Å². The summed E-state index contributed by atoms with van der Waals surface area (Å²) in [7, 11) is 6.17. The van der Waals surface area contributed by atoms with Gasteiger partial charge in [-0.3, -0.25) is 9.78 Å². The highest BCUT2D eigenvalue weighted by molar-refractivity contribution is 5.79. The van der Waals surface area contributed by atoms with Crippen molar-refractivity contribution in [2.75, 3.05) is 58.8 Å². The molecule has 1 aromatic rings. The number of hydrogen-bond acceptors (Lipinski definition) is 5. The van der Waals surface area contributed by atoms with E-state index in [4.69, 9.17) is 4.74 Å². The second kappa shape index (κ2) is 7.70. The van der Waals surface area contributed by atoms with Crippen molar-refractivity contribution in [3.63, 3.8) is 0 Å². The summed E-state index contributed by atoms with van der Waals surface area (Å²) in [6, 6.07) is 4.13. The SMILES string of the molecule is Cc1cc(N(C)C)cc(C2CN(C(=O)C3CCN(C)CC3)CCO2)n1. The number of morpholine rings is 1. The summed E-state index contributed by atoms with van der Waals surface area (Å²) in [6.45, 7) is 5.89. The van der Waals surface area contributed by atoms with Gasteiger partial charge in [0.25, 0.3) is 0 Å². The van der Waals surface area contributed by atoms with Crippen molar-refractivity contribution < 1.29 is 9.53 Å². The summed E-state index contributed by atoms with van der Waals surface area (Å²) in [6.07, 6.45) is 1.79. The van der Waals surface area contributed by atoms with Crippen LogP contribution in [0.25, 0.3) is 0 Å². The maximum Gasteiger partial charge on any atom is 0.225 e. The predicted octanol–water partition coefficient (Wildman–Crippen LogP) is 1.70. The summed E-state index contributed by atoms with van der Waals surface area (Å²) in [4.78, 5) is 23.9. The fourth-order valence-corrected chi connectivity index (χ4v) is 3.64. The Balaban J connectivity index is 1.70. The molecule has 1 atom stereocenters. The number of amides is 1. The lowest BCUT2D eigenvalue weighted by atomic mass is 9.95. The monoisotopic (exact) mass is 346 g/mol. The number of aryl methyl sites for hydroxylation is 1. The first-order chi connectivity index (χ1) is 11.9. The van der Waals surface area contributed by atoms with Gasteiger partial charge in [-0.05, 0) is 52.0 Å². The first-order valence-electron chi connectivity index (χ1n) is 9.19. The van der Waals surface area contributed by atoms with Crippen LogP contribution in [0.5, 0.6) is 0 Å². The lowest BCUT2D eigenvalue weighted by molar-refractivity contribution is -0.144. The molecule has 2 aliphatic rings. The normalized spacial score (nSPS) is 22.9. The topological polar surface area (TPSA) is 48.9 Å². The van der Waals surface area contributed by atoms with Crippen LogP contribution in [-0.4, -0.2) is 74.6 Å². The van der Waals surface area contributed by atoms with Crippen LogP contribution in [0.15, 0.2) is 12.1 Å². The number of carbonyl (C=O) groups excluding carboxylic acids is 1. The Kier molecular flexibility index (Phi) is 5.59. The molecule has 6 nitrogen and oxygen atoms in total. The van der Waals surface area contributed by atoms with Gasteiger partial charge < -0.3 is 19.4 Å². The summed E-state index contributed by atoms with van der Waals surface area (Å²) >= 11 is 0. The maximum atomic E-state index is 12.9. The van der Waals surface area contributed by atoms with E-state index in [1.165, 1.54) is 0 Å². The van der Waals surface area contributed by atoms with Crippen molar-refractivity contribution in [2.24, 2.45) is 5.92 Å². The van der Waals surface area contributed by atoms with Gasteiger partial charge in [0.05, 0.1) is 18.8 Å². The van der Waals surface area contributed by atoms with Crippen LogP contribution in [0.3, 0.4) is 0 Å². The van der Waals surface area contributed by atoms with Crippen molar-refractivity contribution in [1.82, 2.24) is 14.8 Å². The number of piperidine rings is 1. The molecule has 2 fully saturated rings. The lowest BCUT2D eigenvalue weighted by Crippen LogP contribution is -2.47. The fourth-order valence-electron chi connectivity index (χ4n) is 3.64. The minimum atomic E-state index is -0.137. The molecule has 0 radical (unpaired) electrons. The number of likely N-dealkylation sites (tertiary alicyclic amines) is 1. The van der Waals surface area contributed by atoms with Crippen LogP contribution in [0.2, 0.25) is 0 Å². The first-order valence-corrected chi connectivity index (χ1v) is 9.19. The quantitative estimate of drug-likeness (QED) is 0.834. The zero-order valence-electron chi connectivity index (χ0n) is 15.9. The number of rotatable bonds is 3. The summed E-state index contributed by atoms with van der Waals surface area (Å²) in [5.74, 6) is 0.458. The number of ether oxygens (including phenoxy) is 1.